The quantitative estimate of drug-likeness (QED) is 0.369. The van der Waals surface area contributed by atoms with Crippen LogP contribution in [-0.4, -0.2) is 39.7 Å². The van der Waals surface area contributed by atoms with E-state index in [4.69, 9.17) is 0 Å². The zero-order valence-corrected chi connectivity index (χ0v) is 20.5. The molecule has 0 spiro atoms. The molecule has 0 aliphatic heterocycles. The molecule has 2 aliphatic rings. The molecule has 1 fully saturated rings. The predicted octanol–water partition coefficient (Wildman–Crippen LogP) is 3.75. The molecule has 0 bridgehead atoms. The Morgan fingerprint density at radius 1 is 1.03 bits per heavy atom. The van der Waals surface area contributed by atoms with Crippen molar-refractivity contribution in [2.45, 2.75) is 69.2 Å². The van der Waals surface area contributed by atoms with Crippen molar-refractivity contribution >= 4 is 30.4 Å². The van der Waals surface area contributed by atoms with E-state index in [2.05, 4.69) is 35.4 Å². The maximum atomic E-state index is 13.3. The Morgan fingerprint density at radius 3 is 2.38 bits per heavy atom. The van der Waals surface area contributed by atoms with Gasteiger partial charge in [-0.05, 0) is 53.0 Å². The van der Waals surface area contributed by atoms with Crippen LogP contribution in [0.5, 0.6) is 0 Å². The van der Waals surface area contributed by atoms with Gasteiger partial charge in [0.15, 0.2) is 0 Å². The highest BCUT2D eigenvalue weighted by Gasteiger charge is 2.44. The van der Waals surface area contributed by atoms with E-state index in [-0.39, 0.29) is 18.2 Å². The minimum Gasteiger partial charge on any atom is -0.480 e. The Morgan fingerprint density at radius 2 is 1.71 bits per heavy atom. The minimum atomic E-state index is -1.09. The molecule has 2 atom stereocenters. The molecular formula is C27H32N2O4S. The van der Waals surface area contributed by atoms with E-state index in [1.165, 1.54) is 22.3 Å². The molecule has 3 N–H and O–H groups in total. The average Bonchev–Trinajstić information content (AvgIpc) is 3.42. The molecule has 180 valence electrons. The van der Waals surface area contributed by atoms with E-state index >= 15 is 0 Å². The average molecular weight is 481 g/mol. The van der Waals surface area contributed by atoms with Crippen LogP contribution in [0.3, 0.4) is 0 Å². The summed E-state index contributed by atoms with van der Waals surface area (Å²) in [6, 6.07) is 13.2. The van der Waals surface area contributed by atoms with Crippen molar-refractivity contribution in [3.8, 4) is 11.1 Å². The van der Waals surface area contributed by atoms with Gasteiger partial charge in [-0.1, -0.05) is 69.2 Å². The number of hydrogen-bond acceptors (Lipinski definition) is 4. The number of hydrogen-bond donors (Lipinski definition) is 4. The van der Waals surface area contributed by atoms with Crippen molar-refractivity contribution in [1.82, 2.24) is 10.6 Å². The van der Waals surface area contributed by atoms with E-state index in [9.17, 15) is 19.5 Å². The lowest BCUT2D eigenvalue weighted by Crippen LogP contribution is -2.61. The van der Waals surface area contributed by atoms with Gasteiger partial charge in [-0.3, -0.25) is 9.59 Å². The summed E-state index contributed by atoms with van der Waals surface area (Å²) in [4.78, 5) is 38.1. The second kappa shape index (κ2) is 9.82. The summed E-state index contributed by atoms with van der Waals surface area (Å²) in [6.45, 7) is 3.79. The highest BCUT2D eigenvalue weighted by atomic mass is 32.1. The van der Waals surface area contributed by atoms with Crippen LogP contribution in [0, 0.1) is 5.92 Å². The van der Waals surface area contributed by atoms with Crippen molar-refractivity contribution in [1.29, 1.82) is 0 Å². The largest absolute Gasteiger partial charge is 0.480 e. The number of carboxylic acid groups (broad SMARTS) is 1. The molecule has 34 heavy (non-hydrogen) atoms. The van der Waals surface area contributed by atoms with Crippen molar-refractivity contribution in [3.63, 3.8) is 0 Å². The minimum absolute atomic E-state index is 0.0163. The first-order valence-corrected chi connectivity index (χ1v) is 12.5. The van der Waals surface area contributed by atoms with Gasteiger partial charge in [0.1, 0.15) is 11.6 Å². The molecule has 0 heterocycles. The monoisotopic (exact) mass is 480 g/mol. The molecule has 0 saturated heterocycles. The van der Waals surface area contributed by atoms with E-state index in [0.29, 0.717) is 12.8 Å². The molecular weight excluding hydrogens is 448 g/mol. The second-order valence-electron chi connectivity index (χ2n) is 9.86. The van der Waals surface area contributed by atoms with E-state index in [0.717, 1.165) is 24.8 Å². The summed E-state index contributed by atoms with van der Waals surface area (Å²) < 4.78 is 0. The molecule has 4 rings (SSSR count). The first-order chi connectivity index (χ1) is 16.2. The number of carbonyl (C=O) groups is 3. The fourth-order valence-corrected chi connectivity index (χ4v) is 5.12. The molecule has 2 aromatic rings. The first kappa shape index (κ1) is 24.3. The fraction of sp³-hybridized carbons (Fsp3) is 0.444. The number of aliphatic carboxylic acids is 1. The van der Waals surface area contributed by atoms with Crippen LogP contribution in [0.2, 0.25) is 0 Å². The predicted molar refractivity (Wildman–Crippen MR) is 135 cm³/mol. The van der Waals surface area contributed by atoms with Crippen LogP contribution in [0.1, 0.15) is 56.2 Å². The van der Waals surface area contributed by atoms with Crippen LogP contribution in [0.15, 0.2) is 42.5 Å². The van der Waals surface area contributed by atoms with Gasteiger partial charge in [0.05, 0.1) is 5.25 Å². The highest BCUT2D eigenvalue weighted by Crippen LogP contribution is 2.37. The summed E-state index contributed by atoms with van der Waals surface area (Å²) in [5.41, 5.74) is 4.60. The summed E-state index contributed by atoms with van der Waals surface area (Å²) in [7, 11) is 0. The smallest absolute Gasteiger partial charge is 0.326 e. The topological polar surface area (TPSA) is 95.5 Å². The molecule has 2 amide bonds. The number of rotatable bonds is 8. The zero-order chi connectivity index (χ0) is 24.5. The lowest BCUT2D eigenvalue weighted by atomic mass is 9.93. The Kier molecular flexibility index (Phi) is 7.03. The van der Waals surface area contributed by atoms with Crippen LogP contribution in [0.25, 0.3) is 11.1 Å². The van der Waals surface area contributed by atoms with Gasteiger partial charge in [-0.15, -0.1) is 0 Å². The Hall–Kier alpha value is -2.80. The molecule has 2 aromatic carbocycles. The van der Waals surface area contributed by atoms with Gasteiger partial charge in [-0.2, -0.15) is 12.6 Å². The third-order valence-electron chi connectivity index (χ3n) is 7.06. The first-order valence-electron chi connectivity index (χ1n) is 11.9. The Bertz CT molecular complexity index is 1110. The van der Waals surface area contributed by atoms with Gasteiger partial charge in [-0.25, -0.2) is 4.79 Å². The van der Waals surface area contributed by atoms with Crippen LogP contribution < -0.4 is 10.6 Å². The molecule has 0 radical (unpaired) electrons. The van der Waals surface area contributed by atoms with Crippen molar-refractivity contribution in [2.75, 3.05) is 0 Å². The van der Waals surface area contributed by atoms with Gasteiger partial charge >= 0.3 is 5.97 Å². The van der Waals surface area contributed by atoms with Gasteiger partial charge < -0.3 is 15.7 Å². The number of fused-ring (bicyclic) bond motifs is 3. The van der Waals surface area contributed by atoms with Gasteiger partial charge in [0.25, 0.3) is 0 Å². The summed E-state index contributed by atoms with van der Waals surface area (Å²) in [5.74, 6) is -1.79. The maximum absolute atomic E-state index is 13.3. The molecule has 2 aliphatic carbocycles. The van der Waals surface area contributed by atoms with Gasteiger partial charge in [0.2, 0.25) is 11.8 Å². The maximum Gasteiger partial charge on any atom is 0.326 e. The molecule has 7 heteroatoms. The van der Waals surface area contributed by atoms with Crippen LogP contribution >= 0.6 is 12.6 Å². The second-order valence-corrected chi connectivity index (χ2v) is 10.4. The van der Waals surface area contributed by atoms with Gasteiger partial charge in [0, 0.05) is 6.42 Å². The van der Waals surface area contributed by atoms with Crippen molar-refractivity contribution in [3.05, 3.63) is 59.2 Å². The standard InChI is InChI=1S/C27H32N2O4S/c1-16(2)23(34)24(30)29-27(11-5-6-12-27)26(33)28-22(25(31)32)14-17-9-10-21-19(13-17)15-18-7-3-4-8-20(18)21/h3-4,7-10,13,16,22-23,34H,5-6,11-12,14-15H2,1-2H3,(H,28,33)(H,29,30)(H,31,32)/t22?,23-/m0/s1. The fourth-order valence-electron chi connectivity index (χ4n) is 5.06. The highest BCUT2D eigenvalue weighted by molar-refractivity contribution is 7.81. The number of carbonyl (C=O) groups excluding carboxylic acids is 2. The van der Waals surface area contributed by atoms with E-state index in [1.807, 2.05) is 44.2 Å². The van der Waals surface area contributed by atoms with E-state index < -0.39 is 28.7 Å². The summed E-state index contributed by atoms with van der Waals surface area (Å²) in [5, 5.41) is 15.0. The lowest BCUT2D eigenvalue weighted by molar-refractivity contribution is -0.143. The number of thiol groups is 1. The summed E-state index contributed by atoms with van der Waals surface area (Å²) in [6.07, 6.45) is 3.58. The third-order valence-corrected chi connectivity index (χ3v) is 7.89. The van der Waals surface area contributed by atoms with Crippen molar-refractivity contribution < 1.29 is 19.5 Å². The Labute approximate surface area is 205 Å². The molecule has 6 nitrogen and oxygen atoms in total. The summed E-state index contributed by atoms with van der Waals surface area (Å²) >= 11 is 4.38. The third kappa shape index (κ3) is 4.85. The van der Waals surface area contributed by atoms with Crippen LogP contribution in [0.4, 0.5) is 0 Å². The van der Waals surface area contributed by atoms with Crippen molar-refractivity contribution in [2.24, 2.45) is 5.92 Å². The molecule has 1 saturated carbocycles. The zero-order valence-electron chi connectivity index (χ0n) is 19.6. The van der Waals surface area contributed by atoms with Crippen LogP contribution in [-0.2, 0) is 27.2 Å². The lowest BCUT2D eigenvalue weighted by Gasteiger charge is -2.32. The number of benzene rings is 2. The normalized spacial score (nSPS) is 17.5. The number of carboxylic acids is 1. The SMILES string of the molecule is CC(C)[C@H](S)C(=O)NC1(C(=O)NC(Cc2ccc3c(c2)Cc2ccccc2-3)C(=O)O)CCCC1. The number of amides is 2. The Balaban J connectivity index is 1.49. The van der Waals surface area contributed by atoms with E-state index in [1.54, 1.807) is 0 Å². The number of nitrogens with one attached hydrogen (secondary N) is 2. The molecule has 0 aromatic heterocycles. The molecule has 1 unspecified atom stereocenters.